The second kappa shape index (κ2) is 8.11. The summed E-state index contributed by atoms with van der Waals surface area (Å²) in [5.74, 6) is -1.23. The van der Waals surface area contributed by atoms with Crippen LogP contribution in [0, 0.1) is 0 Å². The number of hydrogen-bond acceptors (Lipinski definition) is 9. The van der Waals surface area contributed by atoms with Crippen LogP contribution in [0.2, 0.25) is 0 Å². The molecule has 1 aliphatic heterocycles. The Morgan fingerprint density at radius 2 is 1.84 bits per heavy atom. The van der Waals surface area contributed by atoms with Gasteiger partial charge in [-0.05, 0) is 12.1 Å². The molecule has 1 amide bonds. The van der Waals surface area contributed by atoms with Crippen molar-refractivity contribution in [2.75, 3.05) is 27.6 Å². The molecule has 1 aromatic rings. The van der Waals surface area contributed by atoms with Gasteiger partial charge in [-0.1, -0.05) is 6.07 Å². The summed E-state index contributed by atoms with van der Waals surface area (Å²) in [6.07, 6.45) is -1.63. The van der Waals surface area contributed by atoms with Gasteiger partial charge in [0.2, 0.25) is 0 Å². The number of para-hydroxylation sites is 1. The van der Waals surface area contributed by atoms with Crippen molar-refractivity contribution in [2.45, 2.75) is 6.04 Å². The van der Waals surface area contributed by atoms with Gasteiger partial charge in [0.15, 0.2) is 11.5 Å². The number of amides is 1. The number of nitrogens with zero attached hydrogens (tertiary/aromatic N) is 1. The lowest BCUT2D eigenvalue weighted by Gasteiger charge is -2.20. The summed E-state index contributed by atoms with van der Waals surface area (Å²) < 4.78 is 23.7. The Morgan fingerprint density at radius 3 is 2.48 bits per heavy atom. The highest BCUT2D eigenvalue weighted by molar-refractivity contribution is 6.00. The van der Waals surface area contributed by atoms with Gasteiger partial charge in [-0.3, -0.25) is 4.79 Å². The minimum atomic E-state index is -1.13. The summed E-state index contributed by atoms with van der Waals surface area (Å²) in [4.78, 5) is 47.7. The zero-order valence-corrected chi connectivity index (χ0v) is 13.4. The van der Waals surface area contributed by atoms with Crippen LogP contribution in [0.1, 0.15) is 10.4 Å². The number of methoxy groups -OCH3 is 2. The molecule has 10 nitrogen and oxygen atoms in total. The van der Waals surface area contributed by atoms with Crippen LogP contribution in [-0.2, 0) is 19.0 Å². The highest BCUT2D eigenvalue weighted by Crippen LogP contribution is 2.33. The summed E-state index contributed by atoms with van der Waals surface area (Å²) in [7, 11) is 2.17. The molecule has 10 heteroatoms. The quantitative estimate of drug-likeness (QED) is 0.443. The van der Waals surface area contributed by atoms with Gasteiger partial charge in [-0.25, -0.2) is 9.59 Å². The first-order valence-electron chi connectivity index (χ1n) is 7.00. The summed E-state index contributed by atoms with van der Waals surface area (Å²) in [5.41, 5.74) is -0.121. The van der Waals surface area contributed by atoms with Crippen LogP contribution in [-0.4, -0.2) is 63.0 Å². The van der Waals surface area contributed by atoms with Gasteiger partial charge in [0.25, 0.3) is 5.91 Å². The second-order valence-electron chi connectivity index (χ2n) is 4.72. The van der Waals surface area contributed by atoms with E-state index in [1.54, 1.807) is 0 Å². The summed E-state index contributed by atoms with van der Waals surface area (Å²) in [6, 6.07) is 3.26. The lowest BCUT2D eigenvalue weighted by molar-refractivity contribution is -0.110. The van der Waals surface area contributed by atoms with E-state index in [4.69, 9.17) is 14.2 Å². The topological polar surface area (TPSA) is 118 Å². The van der Waals surface area contributed by atoms with Gasteiger partial charge in [0.1, 0.15) is 19.1 Å². The fourth-order valence-electron chi connectivity index (χ4n) is 2.06. The molecule has 1 fully saturated rings. The van der Waals surface area contributed by atoms with Crippen molar-refractivity contribution in [3.05, 3.63) is 23.8 Å². The maximum atomic E-state index is 12.7. The number of hydrogen-bond donors (Lipinski definition) is 0. The van der Waals surface area contributed by atoms with Crippen molar-refractivity contribution >= 4 is 24.5 Å². The summed E-state index contributed by atoms with van der Waals surface area (Å²) in [6.45, 7) is -0.0528. The van der Waals surface area contributed by atoms with Gasteiger partial charge >= 0.3 is 12.3 Å². The lowest BCUT2D eigenvalue weighted by atomic mass is 10.1. The highest BCUT2D eigenvalue weighted by Gasteiger charge is 2.33. The fraction of sp³-hybridized carbons (Fsp3) is 0.333. The molecule has 0 N–H and O–H groups in total. The Balaban J connectivity index is 2.42. The van der Waals surface area contributed by atoms with E-state index in [0.717, 1.165) is 19.1 Å². The van der Waals surface area contributed by atoms with Crippen LogP contribution in [0.25, 0.3) is 0 Å². The van der Waals surface area contributed by atoms with E-state index in [1.807, 2.05) is 0 Å². The van der Waals surface area contributed by atoms with E-state index in [2.05, 4.69) is 9.47 Å². The third kappa shape index (κ3) is 4.04. The number of rotatable bonds is 4. The molecule has 1 unspecified atom stereocenters. The Morgan fingerprint density at radius 1 is 1.16 bits per heavy atom. The molecule has 0 saturated carbocycles. The van der Waals surface area contributed by atoms with Crippen molar-refractivity contribution in [1.82, 2.24) is 4.90 Å². The second-order valence-corrected chi connectivity index (χ2v) is 4.72. The zero-order valence-electron chi connectivity index (χ0n) is 13.4. The molecule has 2 rings (SSSR count). The highest BCUT2D eigenvalue weighted by atomic mass is 16.7. The molecular formula is C15H15NO9. The number of carbonyl (C=O) groups excluding carboxylic acids is 4. The van der Waals surface area contributed by atoms with Crippen molar-refractivity contribution in [3.8, 4) is 11.5 Å². The SMILES string of the molecule is COC(=O)Oc1cccc(C(=O)N2COCC2C=O)c1OC(=O)OC. The molecule has 134 valence electrons. The molecule has 0 bridgehead atoms. The molecule has 1 atom stereocenters. The molecule has 1 heterocycles. The van der Waals surface area contributed by atoms with Crippen molar-refractivity contribution in [2.24, 2.45) is 0 Å². The van der Waals surface area contributed by atoms with Gasteiger partial charge < -0.3 is 33.4 Å². The molecule has 0 aliphatic carbocycles. The first-order valence-corrected chi connectivity index (χ1v) is 7.00. The average Bonchev–Trinajstić information content (AvgIpc) is 3.10. The normalized spacial score (nSPS) is 16.1. The van der Waals surface area contributed by atoms with E-state index in [1.165, 1.54) is 18.2 Å². The van der Waals surface area contributed by atoms with E-state index in [-0.39, 0.29) is 30.4 Å². The molecule has 0 aromatic heterocycles. The number of ether oxygens (including phenoxy) is 5. The van der Waals surface area contributed by atoms with Crippen LogP contribution in [0.5, 0.6) is 11.5 Å². The monoisotopic (exact) mass is 353 g/mol. The average molecular weight is 353 g/mol. The van der Waals surface area contributed by atoms with Gasteiger partial charge in [-0.2, -0.15) is 0 Å². The van der Waals surface area contributed by atoms with Crippen LogP contribution < -0.4 is 9.47 Å². The summed E-state index contributed by atoms with van der Waals surface area (Å²) >= 11 is 0. The Bertz CT molecular complexity index is 688. The van der Waals surface area contributed by atoms with Gasteiger partial charge in [0, 0.05) is 0 Å². The third-order valence-corrected chi connectivity index (χ3v) is 3.26. The van der Waals surface area contributed by atoms with Crippen molar-refractivity contribution in [1.29, 1.82) is 0 Å². The molecule has 1 saturated heterocycles. The number of aldehydes is 1. The standard InChI is InChI=1S/C15H15NO9/c1-21-14(19)24-11-5-3-4-10(12(11)25-15(20)22-2)13(18)16-8-23-7-9(16)6-17/h3-6,9H,7-8H2,1-2H3. The molecular weight excluding hydrogens is 338 g/mol. The Hall–Kier alpha value is -3.14. The predicted molar refractivity (Wildman–Crippen MR) is 79.3 cm³/mol. The van der Waals surface area contributed by atoms with E-state index in [0.29, 0.717) is 6.29 Å². The van der Waals surface area contributed by atoms with Crippen LogP contribution in [0.3, 0.4) is 0 Å². The molecule has 0 spiro atoms. The Labute approximate surface area is 142 Å². The number of benzene rings is 1. The maximum Gasteiger partial charge on any atom is 0.513 e. The third-order valence-electron chi connectivity index (χ3n) is 3.26. The molecule has 1 aromatic carbocycles. The summed E-state index contributed by atoms with van der Waals surface area (Å²) in [5, 5.41) is 0. The fourth-order valence-corrected chi connectivity index (χ4v) is 2.06. The van der Waals surface area contributed by atoms with E-state index in [9.17, 15) is 19.2 Å². The van der Waals surface area contributed by atoms with Crippen LogP contribution in [0.15, 0.2) is 18.2 Å². The van der Waals surface area contributed by atoms with Crippen LogP contribution in [0.4, 0.5) is 9.59 Å². The van der Waals surface area contributed by atoms with E-state index >= 15 is 0 Å². The van der Waals surface area contributed by atoms with Crippen molar-refractivity contribution in [3.63, 3.8) is 0 Å². The van der Waals surface area contributed by atoms with Gasteiger partial charge in [0.05, 0.1) is 26.4 Å². The van der Waals surface area contributed by atoms with Crippen molar-refractivity contribution < 1.29 is 42.9 Å². The largest absolute Gasteiger partial charge is 0.513 e. The molecule has 1 aliphatic rings. The Kier molecular flexibility index (Phi) is 5.90. The van der Waals surface area contributed by atoms with Crippen LogP contribution >= 0.6 is 0 Å². The zero-order chi connectivity index (χ0) is 18.4. The minimum absolute atomic E-state index is 0.0563. The number of carbonyl (C=O) groups is 4. The first-order chi connectivity index (χ1) is 12.0. The van der Waals surface area contributed by atoms with E-state index < -0.39 is 24.3 Å². The first kappa shape index (κ1) is 18.2. The minimum Gasteiger partial charge on any atom is -0.437 e. The van der Waals surface area contributed by atoms with Gasteiger partial charge in [-0.15, -0.1) is 0 Å². The predicted octanol–water partition coefficient (Wildman–Crippen LogP) is 0.974. The molecule has 25 heavy (non-hydrogen) atoms. The molecule has 0 radical (unpaired) electrons. The maximum absolute atomic E-state index is 12.7. The smallest absolute Gasteiger partial charge is 0.437 e. The lowest BCUT2D eigenvalue weighted by Crippen LogP contribution is -2.37.